The molecule has 0 amide bonds. The summed E-state index contributed by atoms with van der Waals surface area (Å²) in [4.78, 5) is 16.6. The Bertz CT molecular complexity index is 2180. The number of hydrogen-bond donors (Lipinski definition) is 0. The van der Waals surface area contributed by atoms with Gasteiger partial charge < -0.3 is 0 Å². The number of hydrogen-bond acceptors (Lipinski definition) is 1. The van der Waals surface area contributed by atoms with Crippen LogP contribution in [0.1, 0.15) is 0 Å². The number of carbonyl (C=O) groups excluding carboxylic acids is 1. The molecule has 264 valence electrons. The average Bonchev–Trinajstić information content (AvgIpc) is 3.60. The molecule has 0 spiro atoms. The van der Waals surface area contributed by atoms with Crippen LogP contribution in [0.3, 0.4) is 0 Å². The lowest BCUT2D eigenvalue weighted by atomic mass is 10.3. The van der Waals surface area contributed by atoms with Gasteiger partial charge in [0, 0.05) is 0 Å². The van der Waals surface area contributed by atoms with E-state index in [9.17, 15) is 0 Å². The van der Waals surface area contributed by atoms with Crippen LogP contribution in [0.2, 0.25) is 18.1 Å². The van der Waals surface area contributed by atoms with Crippen molar-refractivity contribution < 1.29 is 4.79 Å². The molecule has 0 aromatic heterocycles. The summed E-state index contributed by atoms with van der Waals surface area (Å²) in [7, 11) is -9.17. The number of rotatable bonds is 15. The highest BCUT2D eigenvalue weighted by Gasteiger charge is 2.56. The summed E-state index contributed by atoms with van der Waals surface area (Å²) in [6.07, 6.45) is 8.62. The summed E-state index contributed by atoms with van der Waals surface area (Å²) >= 11 is 0. The normalized spacial score (nSPS) is 13.3. The molecule has 6 aromatic rings. The zero-order valence-electron chi connectivity index (χ0n) is 30.8. The third kappa shape index (κ3) is 6.16. The van der Waals surface area contributed by atoms with E-state index in [1.807, 2.05) is 6.08 Å². The SMILES string of the molecule is C=CC[Si](C1=CC([Si](CC=C)(c2ccccc2)c2ccccc2)=C([Si](CC=C)(c2ccccc2)c2ccccc2)C1=O)(c1ccccc1)c1ccccc1. The van der Waals surface area contributed by atoms with Crippen molar-refractivity contribution in [3.05, 3.63) is 242 Å². The highest BCUT2D eigenvalue weighted by atomic mass is 28.3. The molecular formula is C50H46OSi3. The maximum absolute atomic E-state index is 16.6. The minimum absolute atomic E-state index is 0.181. The van der Waals surface area contributed by atoms with Gasteiger partial charge in [-0.15, -0.1) is 19.7 Å². The van der Waals surface area contributed by atoms with Crippen molar-refractivity contribution in [1.29, 1.82) is 0 Å². The van der Waals surface area contributed by atoms with Gasteiger partial charge in [0.2, 0.25) is 0 Å². The molecular weight excluding hydrogens is 701 g/mol. The molecule has 1 aliphatic carbocycles. The van der Waals surface area contributed by atoms with Gasteiger partial charge in [-0.25, -0.2) is 0 Å². The molecule has 0 fully saturated rings. The molecule has 0 aliphatic heterocycles. The maximum atomic E-state index is 16.6. The molecule has 1 nitrogen and oxygen atoms in total. The van der Waals surface area contributed by atoms with E-state index in [-0.39, 0.29) is 5.78 Å². The van der Waals surface area contributed by atoms with Crippen LogP contribution in [0.15, 0.2) is 242 Å². The third-order valence-electron chi connectivity index (χ3n) is 11.3. The molecule has 54 heavy (non-hydrogen) atoms. The summed E-state index contributed by atoms with van der Waals surface area (Å²) in [5.74, 6) is 0.181. The van der Waals surface area contributed by atoms with E-state index in [1.54, 1.807) is 0 Å². The first-order valence-corrected chi connectivity index (χ1v) is 25.4. The second kappa shape index (κ2) is 16.1. The van der Waals surface area contributed by atoms with Crippen LogP contribution in [-0.4, -0.2) is 30.0 Å². The van der Waals surface area contributed by atoms with Crippen LogP contribution >= 0.6 is 0 Å². The molecule has 0 saturated heterocycles. The topological polar surface area (TPSA) is 17.1 Å². The maximum Gasteiger partial charge on any atom is 0.178 e. The van der Waals surface area contributed by atoms with Crippen molar-refractivity contribution in [2.24, 2.45) is 0 Å². The van der Waals surface area contributed by atoms with Crippen molar-refractivity contribution in [3.8, 4) is 0 Å². The van der Waals surface area contributed by atoms with Gasteiger partial charge in [0.15, 0.2) is 30.0 Å². The van der Waals surface area contributed by atoms with Gasteiger partial charge in [0.1, 0.15) is 0 Å². The molecule has 7 rings (SSSR count). The van der Waals surface area contributed by atoms with Crippen LogP contribution in [0.25, 0.3) is 0 Å². The molecule has 0 heterocycles. The Morgan fingerprint density at radius 2 is 0.630 bits per heavy atom. The predicted octanol–water partition coefficient (Wildman–Crippen LogP) is 7.76. The standard InChI is InChI=1S/C50H46OSi3/c1-4-37-52(41-25-13-7-14-26-41,42-27-15-8-16-28-42)47-40-48(53(38-5-2,43-29-17-9-18-30-43)44-31-19-10-20-32-44)50(49(47)51)54(39-6-3,45-33-21-11-22-34-45)46-35-23-12-24-36-46/h4-36,40H,1-3,37-39H2. The van der Waals surface area contributed by atoms with Gasteiger partial charge in [-0.2, -0.15) is 0 Å². The van der Waals surface area contributed by atoms with E-state index < -0.39 is 24.2 Å². The van der Waals surface area contributed by atoms with Crippen LogP contribution in [0.4, 0.5) is 0 Å². The molecule has 0 unspecified atom stereocenters. The van der Waals surface area contributed by atoms with Crippen LogP contribution in [0.5, 0.6) is 0 Å². The minimum atomic E-state index is -3.13. The fourth-order valence-corrected chi connectivity index (χ4v) is 24.2. The summed E-state index contributed by atoms with van der Waals surface area (Å²) in [5, 5.41) is 10.5. The second-order valence-electron chi connectivity index (χ2n) is 14.1. The zero-order valence-corrected chi connectivity index (χ0v) is 33.8. The molecule has 4 heteroatoms. The summed E-state index contributed by atoms with van der Waals surface area (Å²) < 4.78 is 0. The van der Waals surface area contributed by atoms with Crippen LogP contribution in [0, 0.1) is 0 Å². The molecule has 0 atom stereocenters. The van der Waals surface area contributed by atoms with Gasteiger partial charge in [-0.05, 0) is 64.8 Å². The van der Waals surface area contributed by atoms with E-state index in [0.29, 0.717) is 12.1 Å². The van der Waals surface area contributed by atoms with Crippen molar-refractivity contribution >= 4 is 61.1 Å². The van der Waals surface area contributed by atoms with E-state index in [4.69, 9.17) is 0 Å². The third-order valence-corrected chi connectivity index (χ3v) is 26.1. The quantitative estimate of drug-likeness (QED) is 0.0777. The summed E-state index contributed by atoms with van der Waals surface area (Å²) in [6, 6.07) is 67.3. The van der Waals surface area contributed by atoms with E-state index >= 15 is 4.79 Å². The van der Waals surface area contributed by atoms with Gasteiger partial charge in [0.25, 0.3) is 0 Å². The van der Waals surface area contributed by atoms with Crippen molar-refractivity contribution in [1.82, 2.24) is 0 Å². The number of benzene rings is 6. The Hall–Kier alpha value is -5.66. The molecule has 0 radical (unpaired) electrons. The first-order chi connectivity index (χ1) is 26.6. The highest BCUT2D eigenvalue weighted by molar-refractivity contribution is 7.18. The van der Waals surface area contributed by atoms with Crippen molar-refractivity contribution in [3.63, 3.8) is 0 Å². The first-order valence-electron chi connectivity index (χ1n) is 18.8. The van der Waals surface area contributed by atoms with Gasteiger partial charge in [0.05, 0.1) is 0 Å². The van der Waals surface area contributed by atoms with E-state index in [2.05, 4.69) is 220 Å². The highest BCUT2D eigenvalue weighted by Crippen LogP contribution is 2.42. The number of carbonyl (C=O) groups is 1. The Morgan fingerprint density at radius 1 is 0.370 bits per heavy atom. The largest absolute Gasteiger partial charge is 0.290 e. The van der Waals surface area contributed by atoms with Gasteiger partial charge in [-0.3, -0.25) is 4.79 Å². The monoisotopic (exact) mass is 746 g/mol. The Labute approximate surface area is 324 Å². The lowest BCUT2D eigenvalue weighted by Crippen LogP contribution is -2.66. The Kier molecular flexibility index (Phi) is 11.0. The lowest BCUT2D eigenvalue weighted by Gasteiger charge is -2.39. The molecule has 1 aliphatic rings. The van der Waals surface area contributed by atoms with Gasteiger partial charge >= 0.3 is 0 Å². The Morgan fingerprint density at radius 3 is 0.944 bits per heavy atom. The number of Topliss-reactive ketones (excluding diaryl/α,β-unsaturated/α-hetero) is 1. The summed E-state index contributed by atoms with van der Waals surface area (Å²) in [5.41, 5.74) is 0. The van der Waals surface area contributed by atoms with Crippen LogP contribution in [-0.2, 0) is 4.79 Å². The zero-order chi connectivity index (χ0) is 37.4. The summed E-state index contributed by atoms with van der Waals surface area (Å²) in [6.45, 7) is 13.2. The van der Waals surface area contributed by atoms with Crippen molar-refractivity contribution in [2.75, 3.05) is 0 Å². The fraction of sp³-hybridized carbons (Fsp3) is 0.0600. The van der Waals surface area contributed by atoms with Crippen LogP contribution < -0.4 is 31.1 Å². The van der Waals surface area contributed by atoms with E-state index in [0.717, 1.165) is 16.4 Å². The number of ketones is 1. The molecule has 0 saturated carbocycles. The fourth-order valence-electron chi connectivity index (χ4n) is 9.04. The molecule has 0 bridgehead atoms. The van der Waals surface area contributed by atoms with Crippen molar-refractivity contribution in [2.45, 2.75) is 18.1 Å². The van der Waals surface area contributed by atoms with Gasteiger partial charge in [-0.1, -0.05) is 206 Å². The van der Waals surface area contributed by atoms with E-state index in [1.165, 1.54) is 36.3 Å². The molecule has 0 N–H and O–H groups in total. The second-order valence-corrected chi connectivity index (χ2v) is 25.8. The minimum Gasteiger partial charge on any atom is -0.290 e. The average molecular weight is 747 g/mol. The predicted molar refractivity (Wildman–Crippen MR) is 239 cm³/mol. The smallest absolute Gasteiger partial charge is 0.178 e. The number of allylic oxidation sites excluding steroid dienone is 7. The molecule has 6 aromatic carbocycles. The Balaban J connectivity index is 1.71. The lowest BCUT2D eigenvalue weighted by molar-refractivity contribution is -0.111. The first kappa shape index (κ1) is 36.7.